The molecule has 4 nitrogen and oxygen atoms in total. The highest BCUT2D eigenvalue weighted by Crippen LogP contribution is 2.54. The maximum atomic E-state index is 12.4. The standard InChI is InChI=1S/C15H24N2O2/c1-2-16-9-10-17(14(16)19)13-11-12(18)5-8-15(13)6-3-4-7-15/h9-10,12-13,18H,2-8,11H2,1H3. The van der Waals surface area contributed by atoms with Crippen LogP contribution in [0.1, 0.15) is 57.9 Å². The fraction of sp³-hybridized carbons (Fsp3) is 0.800. The highest BCUT2D eigenvalue weighted by Gasteiger charge is 2.46. The van der Waals surface area contributed by atoms with Crippen molar-refractivity contribution in [3.05, 3.63) is 22.9 Å². The van der Waals surface area contributed by atoms with Crippen molar-refractivity contribution in [1.82, 2.24) is 9.13 Å². The van der Waals surface area contributed by atoms with E-state index in [0.717, 1.165) is 19.3 Å². The summed E-state index contributed by atoms with van der Waals surface area (Å²) in [6.45, 7) is 2.71. The Morgan fingerprint density at radius 3 is 2.68 bits per heavy atom. The van der Waals surface area contributed by atoms with Gasteiger partial charge in [-0.25, -0.2) is 4.79 Å². The van der Waals surface area contributed by atoms with Crippen LogP contribution in [0.3, 0.4) is 0 Å². The van der Waals surface area contributed by atoms with Crippen LogP contribution >= 0.6 is 0 Å². The molecule has 2 saturated carbocycles. The number of aliphatic hydroxyl groups is 1. The number of aryl methyl sites for hydroxylation is 1. The summed E-state index contributed by atoms with van der Waals surface area (Å²) in [6, 6.07) is 0.194. The maximum absolute atomic E-state index is 12.4. The van der Waals surface area contributed by atoms with Gasteiger partial charge in [0.15, 0.2) is 0 Å². The molecule has 3 rings (SSSR count). The summed E-state index contributed by atoms with van der Waals surface area (Å²) in [7, 11) is 0. The van der Waals surface area contributed by atoms with Gasteiger partial charge in [-0.2, -0.15) is 0 Å². The monoisotopic (exact) mass is 264 g/mol. The molecule has 2 aliphatic rings. The Balaban J connectivity index is 1.98. The molecule has 4 heteroatoms. The molecule has 2 aliphatic carbocycles. The third kappa shape index (κ3) is 2.06. The predicted molar refractivity (Wildman–Crippen MR) is 74.2 cm³/mol. The zero-order valence-corrected chi connectivity index (χ0v) is 11.7. The van der Waals surface area contributed by atoms with E-state index in [-0.39, 0.29) is 23.3 Å². The topological polar surface area (TPSA) is 47.2 Å². The molecule has 2 unspecified atom stereocenters. The molecule has 0 aromatic carbocycles. The minimum Gasteiger partial charge on any atom is -0.393 e. The minimum atomic E-state index is -0.242. The number of nitrogens with zero attached hydrogens (tertiary/aromatic N) is 2. The summed E-state index contributed by atoms with van der Waals surface area (Å²) in [4.78, 5) is 12.4. The molecule has 2 atom stereocenters. The van der Waals surface area contributed by atoms with E-state index >= 15 is 0 Å². The first kappa shape index (κ1) is 13.0. The second-order valence-corrected chi connectivity index (χ2v) is 6.29. The van der Waals surface area contributed by atoms with E-state index in [1.54, 1.807) is 4.57 Å². The molecule has 19 heavy (non-hydrogen) atoms. The van der Waals surface area contributed by atoms with Gasteiger partial charge >= 0.3 is 5.69 Å². The van der Waals surface area contributed by atoms with Crippen LogP contribution in [-0.2, 0) is 6.54 Å². The molecule has 0 bridgehead atoms. The molecule has 1 spiro atoms. The predicted octanol–water partition coefficient (Wildman–Crippen LogP) is 2.32. The normalized spacial score (nSPS) is 30.0. The summed E-state index contributed by atoms with van der Waals surface area (Å²) in [5, 5.41) is 10.0. The van der Waals surface area contributed by atoms with Gasteiger partial charge in [0.1, 0.15) is 0 Å². The molecule has 1 heterocycles. The largest absolute Gasteiger partial charge is 0.393 e. The van der Waals surface area contributed by atoms with Gasteiger partial charge in [-0.15, -0.1) is 0 Å². The first-order chi connectivity index (χ1) is 9.16. The Morgan fingerprint density at radius 1 is 1.32 bits per heavy atom. The van der Waals surface area contributed by atoms with E-state index in [2.05, 4.69) is 0 Å². The lowest BCUT2D eigenvalue weighted by Crippen LogP contribution is -2.42. The van der Waals surface area contributed by atoms with E-state index in [1.807, 2.05) is 23.9 Å². The highest BCUT2D eigenvalue weighted by molar-refractivity contribution is 5.01. The molecule has 0 amide bonds. The Hall–Kier alpha value is -1.03. The molecule has 0 radical (unpaired) electrons. The van der Waals surface area contributed by atoms with Crippen molar-refractivity contribution in [2.75, 3.05) is 0 Å². The fourth-order valence-corrected chi connectivity index (χ4v) is 4.22. The van der Waals surface area contributed by atoms with Gasteiger partial charge in [-0.05, 0) is 44.4 Å². The van der Waals surface area contributed by atoms with Gasteiger partial charge in [-0.1, -0.05) is 12.8 Å². The Bertz CT molecular complexity index is 496. The zero-order valence-electron chi connectivity index (χ0n) is 11.7. The third-order valence-corrected chi connectivity index (χ3v) is 5.33. The zero-order chi connectivity index (χ0) is 13.5. The van der Waals surface area contributed by atoms with Crippen molar-refractivity contribution >= 4 is 0 Å². The van der Waals surface area contributed by atoms with Crippen LogP contribution in [0.15, 0.2) is 17.2 Å². The molecular weight excluding hydrogens is 240 g/mol. The smallest absolute Gasteiger partial charge is 0.328 e. The van der Waals surface area contributed by atoms with Crippen LogP contribution in [0.25, 0.3) is 0 Å². The van der Waals surface area contributed by atoms with Crippen molar-refractivity contribution in [2.24, 2.45) is 5.41 Å². The van der Waals surface area contributed by atoms with Crippen molar-refractivity contribution in [3.63, 3.8) is 0 Å². The number of hydrogen-bond acceptors (Lipinski definition) is 2. The van der Waals surface area contributed by atoms with Crippen LogP contribution < -0.4 is 5.69 Å². The first-order valence-corrected chi connectivity index (χ1v) is 7.61. The third-order valence-electron chi connectivity index (χ3n) is 5.33. The average molecular weight is 264 g/mol. The summed E-state index contributed by atoms with van der Waals surface area (Å²) < 4.78 is 3.65. The molecule has 106 valence electrons. The van der Waals surface area contributed by atoms with Crippen molar-refractivity contribution in [3.8, 4) is 0 Å². The fourth-order valence-electron chi connectivity index (χ4n) is 4.22. The Labute approximate surface area is 114 Å². The van der Waals surface area contributed by atoms with Gasteiger partial charge in [0.25, 0.3) is 0 Å². The van der Waals surface area contributed by atoms with Crippen molar-refractivity contribution in [2.45, 2.75) is 70.6 Å². The SMILES string of the molecule is CCn1ccn(C2CC(O)CCC23CCCC3)c1=O. The lowest BCUT2D eigenvalue weighted by atomic mass is 9.68. The average Bonchev–Trinajstić information content (AvgIpc) is 3.01. The van der Waals surface area contributed by atoms with Crippen LogP contribution in [0.5, 0.6) is 0 Å². The molecule has 2 fully saturated rings. The molecule has 1 aromatic heterocycles. The summed E-state index contributed by atoms with van der Waals surface area (Å²) in [6.07, 6.45) is 11.3. The van der Waals surface area contributed by atoms with E-state index in [4.69, 9.17) is 0 Å². The van der Waals surface area contributed by atoms with Crippen LogP contribution in [0.2, 0.25) is 0 Å². The van der Waals surface area contributed by atoms with Crippen molar-refractivity contribution in [1.29, 1.82) is 0 Å². The number of hydrogen-bond donors (Lipinski definition) is 1. The molecule has 0 saturated heterocycles. The van der Waals surface area contributed by atoms with Gasteiger partial charge in [0.05, 0.1) is 6.10 Å². The van der Waals surface area contributed by atoms with E-state index in [9.17, 15) is 9.90 Å². The number of imidazole rings is 1. The second kappa shape index (κ2) is 4.82. The van der Waals surface area contributed by atoms with Gasteiger partial charge in [-0.3, -0.25) is 9.13 Å². The van der Waals surface area contributed by atoms with Gasteiger partial charge < -0.3 is 5.11 Å². The lowest BCUT2D eigenvalue weighted by Gasteiger charge is -2.43. The highest BCUT2D eigenvalue weighted by atomic mass is 16.3. The van der Waals surface area contributed by atoms with Crippen LogP contribution in [0, 0.1) is 5.41 Å². The summed E-state index contributed by atoms with van der Waals surface area (Å²) in [5.41, 5.74) is 0.357. The maximum Gasteiger partial charge on any atom is 0.328 e. The molecule has 1 aromatic rings. The van der Waals surface area contributed by atoms with Gasteiger partial charge in [0, 0.05) is 25.0 Å². The Kier molecular flexibility index (Phi) is 3.29. The van der Waals surface area contributed by atoms with Crippen molar-refractivity contribution < 1.29 is 5.11 Å². The number of aliphatic hydroxyl groups excluding tert-OH is 1. The van der Waals surface area contributed by atoms with Crippen LogP contribution in [0.4, 0.5) is 0 Å². The first-order valence-electron chi connectivity index (χ1n) is 7.61. The summed E-state index contributed by atoms with van der Waals surface area (Å²) >= 11 is 0. The number of rotatable bonds is 2. The second-order valence-electron chi connectivity index (χ2n) is 6.29. The minimum absolute atomic E-state index is 0.0906. The Morgan fingerprint density at radius 2 is 2.05 bits per heavy atom. The quantitative estimate of drug-likeness (QED) is 0.891. The van der Waals surface area contributed by atoms with E-state index < -0.39 is 0 Å². The van der Waals surface area contributed by atoms with Crippen LogP contribution in [-0.4, -0.2) is 20.3 Å². The lowest BCUT2D eigenvalue weighted by molar-refractivity contribution is 0.0160. The van der Waals surface area contributed by atoms with E-state index in [0.29, 0.717) is 6.54 Å². The summed E-state index contributed by atoms with van der Waals surface area (Å²) in [5.74, 6) is 0. The molecule has 1 N–H and O–H groups in total. The molecular formula is C15H24N2O2. The van der Waals surface area contributed by atoms with E-state index in [1.165, 1.54) is 25.7 Å². The van der Waals surface area contributed by atoms with Gasteiger partial charge in [0.2, 0.25) is 0 Å². The molecule has 0 aliphatic heterocycles. The number of aromatic nitrogens is 2.